The van der Waals surface area contributed by atoms with Crippen molar-refractivity contribution in [3.63, 3.8) is 0 Å². The zero-order chi connectivity index (χ0) is 19.2. The molecule has 0 saturated carbocycles. The molecule has 6 nitrogen and oxygen atoms in total. The Balaban J connectivity index is 1.92. The Kier molecular flexibility index (Phi) is 5.96. The van der Waals surface area contributed by atoms with Crippen LogP contribution < -0.4 is 14.4 Å². The molecular formula is C21H23NO5. The maximum atomic E-state index is 13.4. The molecule has 2 aromatic carbocycles. The van der Waals surface area contributed by atoms with Crippen molar-refractivity contribution in [2.24, 2.45) is 0 Å². The fourth-order valence-electron chi connectivity index (χ4n) is 3.18. The van der Waals surface area contributed by atoms with Gasteiger partial charge in [-0.25, -0.2) is 0 Å². The first-order chi connectivity index (χ1) is 13.1. The number of para-hydroxylation sites is 1. The quantitative estimate of drug-likeness (QED) is 0.732. The minimum absolute atomic E-state index is 0.140. The second-order valence-corrected chi connectivity index (χ2v) is 6.15. The third kappa shape index (κ3) is 4.22. The van der Waals surface area contributed by atoms with E-state index in [1.807, 2.05) is 24.3 Å². The standard InChI is InChI=1S/C21H23NO5/c1-3-26-20(23)14-22(15-8-10-16(25-2)11-9-15)21(24)18-12-13-27-19-7-5-4-6-17(18)19/h4-11,18H,3,12-14H2,1-2H3. The molecule has 1 unspecified atom stereocenters. The topological polar surface area (TPSA) is 65.1 Å². The van der Waals surface area contributed by atoms with Crippen LogP contribution in [0.5, 0.6) is 11.5 Å². The number of benzene rings is 2. The number of carbonyl (C=O) groups is 2. The molecule has 1 aliphatic heterocycles. The molecular weight excluding hydrogens is 346 g/mol. The lowest BCUT2D eigenvalue weighted by Gasteiger charge is -2.30. The Labute approximate surface area is 158 Å². The van der Waals surface area contributed by atoms with E-state index in [0.717, 1.165) is 5.56 Å². The summed E-state index contributed by atoms with van der Waals surface area (Å²) in [6.45, 7) is 2.33. The lowest BCUT2D eigenvalue weighted by molar-refractivity contribution is -0.142. The highest BCUT2D eigenvalue weighted by Crippen LogP contribution is 2.35. The lowest BCUT2D eigenvalue weighted by atomic mass is 9.91. The summed E-state index contributed by atoms with van der Waals surface area (Å²) in [4.78, 5) is 27.0. The zero-order valence-electron chi connectivity index (χ0n) is 15.5. The first kappa shape index (κ1) is 18.8. The molecule has 0 fully saturated rings. The Morgan fingerprint density at radius 2 is 1.89 bits per heavy atom. The summed E-state index contributed by atoms with van der Waals surface area (Å²) in [5, 5.41) is 0. The first-order valence-corrected chi connectivity index (χ1v) is 8.96. The van der Waals surface area contributed by atoms with Gasteiger partial charge in [0, 0.05) is 11.3 Å². The van der Waals surface area contributed by atoms with Crippen LogP contribution in [-0.4, -0.2) is 38.7 Å². The average Bonchev–Trinajstić information content (AvgIpc) is 2.71. The molecule has 0 N–H and O–H groups in total. The third-order valence-corrected chi connectivity index (χ3v) is 4.50. The van der Waals surface area contributed by atoms with Crippen LogP contribution in [0.2, 0.25) is 0 Å². The number of anilines is 1. The van der Waals surface area contributed by atoms with Crippen molar-refractivity contribution in [2.45, 2.75) is 19.3 Å². The van der Waals surface area contributed by atoms with Gasteiger partial charge in [-0.05, 0) is 43.7 Å². The Morgan fingerprint density at radius 1 is 1.15 bits per heavy atom. The maximum absolute atomic E-state index is 13.4. The number of methoxy groups -OCH3 is 1. The van der Waals surface area contributed by atoms with E-state index in [1.165, 1.54) is 4.90 Å². The van der Waals surface area contributed by atoms with E-state index in [4.69, 9.17) is 14.2 Å². The Bertz CT molecular complexity index is 802. The Morgan fingerprint density at radius 3 is 2.59 bits per heavy atom. The second kappa shape index (κ2) is 8.58. The van der Waals surface area contributed by atoms with Crippen LogP contribution in [0, 0.1) is 0 Å². The molecule has 142 valence electrons. The number of rotatable bonds is 6. The molecule has 1 amide bonds. The van der Waals surface area contributed by atoms with E-state index in [2.05, 4.69) is 0 Å². The molecule has 3 rings (SSSR count). The summed E-state index contributed by atoms with van der Waals surface area (Å²) in [5.74, 6) is 0.434. The molecule has 2 aromatic rings. The predicted molar refractivity (Wildman–Crippen MR) is 101 cm³/mol. The molecule has 0 radical (unpaired) electrons. The SMILES string of the molecule is CCOC(=O)CN(C(=O)C1CCOc2ccccc21)c1ccc(OC)cc1. The van der Waals surface area contributed by atoms with Gasteiger partial charge in [0.2, 0.25) is 5.91 Å². The minimum Gasteiger partial charge on any atom is -0.497 e. The van der Waals surface area contributed by atoms with Crippen LogP contribution in [-0.2, 0) is 14.3 Å². The number of hydrogen-bond acceptors (Lipinski definition) is 5. The van der Waals surface area contributed by atoms with E-state index >= 15 is 0 Å². The monoisotopic (exact) mass is 369 g/mol. The fraction of sp³-hybridized carbons (Fsp3) is 0.333. The molecule has 0 aromatic heterocycles. The zero-order valence-corrected chi connectivity index (χ0v) is 15.5. The lowest BCUT2D eigenvalue weighted by Crippen LogP contribution is -2.41. The largest absolute Gasteiger partial charge is 0.497 e. The van der Waals surface area contributed by atoms with Crippen molar-refractivity contribution in [2.75, 3.05) is 31.8 Å². The fourth-order valence-corrected chi connectivity index (χ4v) is 3.18. The summed E-state index contributed by atoms with van der Waals surface area (Å²) in [6.07, 6.45) is 0.561. The smallest absolute Gasteiger partial charge is 0.326 e. The highest BCUT2D eigenvalue weighted by molar-refractivity contribution is 6.01. The van der Waals surface area contributed by atoms with Crippen LogP contribution in [0.4, 0.5) is 5.69 Å². The van der Waals surface area contributed by atoms with Crippen molar-refractivity contribution >= 4 is 17.6 Å². The van der Waals surface area contributed by atoms with Crippen LogP contribution >= 0.6 is 0 Å². The van der Waals surface area contributed by atoms with Crippen LogP contribution in [0.15, 0.2) is 48.5 Å². The van der Waals surface area contributed by atoms with Crippen molar-refractivity contribution in [3.8, 4) is 11.5 Å². The van der Waals surface area contributed by atoms with Crippen molar-refractivity contribution < 1.29 is 23.8 Å². The molecule has 1 heterocycles. The van der Waals surface area contributed by atoms with Gasteiger partial charge in [0.15, 0.2) is 0 Å². The third-order valence-electron chi connectivity index (χ3n) is 4.50. The van der Waals surface area contributed by atoms with Gasteiger partial charge in [-0.2, -0.15) is 0 Å². The average molecular weight is 369 g/mol. The minimum atomic E-state index is -0.443. The molecule has 0 saturated heterocycles. The van der Waals surface area contributed by atoms with Gasteiger partial charge in [-0.1, -0.05) is 18.2 Å². The number of hydrogen-bond donors (Lipinski definition) is 0. The van der Waals surface area contributed by atoms with Gasteiger partial charge < -0.3 is 19.1 Å². The summed E-state index contributed by atoms with van der Waals surface area (Å²) < 4.78 is 15.9. The van der Waals surface area contributed by atoms with Gasteiger partial charge in [-0.3, -0.25) is 9.59 Å². The van der Waals surface area contributed by atoms with E-state index in [9.17, 15) is 9.59 Å². The molecule has 0 aliphatic carbocycles. The predicted octanol–water partition coefficient (Wildman–Crippen LogP) is 3.16. The Hall–Kier alpha value is -3.02. The highest BCUT2D eigenvalue weighted by atomic mass is 16.5. The molecule has 27 heavy (non-hydrogen) atoms. The number of esters is 1. The van der Waals surface area contributed by atoms with E-state index in [-0.39, 0.29) is 25.0 Å². The van der Waals surface area contributed by atoms with Crippen LogP contribution in [0.25, 0.3) is 0 Å². The summed E-state index contributed by atoms with van der Waals surface area (Å²) in [5.41, 5.74) is 1.47. The molecule has 6 heteroatoms. The number of ether oxygens (including phenoxy) is 3. The van der Waals surface area contributed by atoms with Gasteiger partial charge in [0.1, 0.15) is 18.0 Å². The van der Waals surface area contributed by atoms with E-state index < -0.39 is 5.97 Å². The normalized spacial score (nSPS) is 15.3. The molecule has 1 aliphatic rings. The summed E-state index contributed by atoms with van der Waals surface area (Å²) in [7, 11) is 1.58. The van der Waals surface area contributed by atoms with Crippen molar-refractivity contribution in [3.05, 3.63) is 54.1 Å². The summed E-state index contributed by atoms with van der Waals surface area (Å²) in [6, 6.07) is 14.6. The van der Waals surface area contributed by atoms with Gasteiger partial charge in [-0.15, -0.1) is 0 Å². The molecule has 0 spiro atoms. The molecule has 0 bridgehead atoms. The van der Waals surface area contributed by atoms with Crippen LogP contribution in [0.3, 0.4) is 0 Å². The highest BCUT2D eigenvalue weighted by Gasteiger charge is 2.32. The van der Waals surface area contributed by atoms with Gasteiger partial charge in [0.25, 0.3) is 0 Å². The van der Waals surface area contributed by atoms with E-state index in [0.29, 0.717) is 30.2 Å². The number of fused-ring (bicyclic) bond motifs is 1. The number of nitrogens with zero attached hydrogens (tertiary/aromatic N) is 1. The molecule has 1 atom stereocenters. The van der Waals surface area contributed by atoms with Gasteiger partial charge in [0.05, 0.1) is 26.2 Å². The maximum Gasteiger partial charge on any atom is 0.326 e. The number of amides is 1. The number of carbonyl (C=O) groups excluding carboxylic acids is 2. The van der Waals surface area contributed by atoms with Gasteiger partial charge >= 0.3 is 5.97 Å². The summed E-state index contributed by atoms with van der Waals surface area (Å²) >= 11 is 0. The first-order valence-electron chi connectivity index (χ1n) is 8.96. The van der Waals surface area contributed by atoms with Crippen molar-refractivity contribution in [1.82, 2.24) is 0 Å². The van der Waals surface area contributed by atoms with Crippen molar-refractivity contribution in [1.29, 1.82) is 0 Å². The second-order valence-electron chi connectivity index (χ2n) is 6.15. The van der Waals surface area contributed by atoms with E-state index in [1.54, 1.807) is 38.3 Å². The van der Waals surface area contributed by atoms with Crippen LogP contribution in [0.1, 0.15) is 24.8 Å².